The lowest BCUT2D eigenvalue weighted by molar-refractivity contribution is 0.504. The minimum absolute atomic E-state index is 1.05. The molecule has 0 heteroatoms. The van der Waals surface area contributed by atoms with Gasteiger partial charge in [0.05, 0.1) is 0 Å². The summed E-state index contributed by atoms with van der Waals surface area (Å²) in [6.45, 7) is 28.6. The van der Waals surface area contributed by atoms with Crippen molar-refractivity contribution in [1.82, 2.24) is 0 Å². The fourth-order valence-electron chi connectivity index (χ4n) is 2.70. The van der Waals surface area contributed by atoms with Crippen molar-refractivity contribution in [2.45, 2.75) is 200 Å². The molecule has 0 heterocycles. The molecule has 4 aliphatic rings. The molecule has 0 nitrogen and oxygen atoms in total. The molecule has 2 atom stereocenters. The molecule has 32 heavy (non-hydrogen) atoms. The average Bonchev–Trinajstić information content (AvgIpc) is 3.28. The van der Waals surface area contributed by atoms with Crippen LogP contribution in [0.25, 0.3) is 0 Å². The molecule has 0 bridgehead atoms. The quantitative estimate of drug-likeness (QED) is 0.337. The normalized spacial score (nSPS) is 20.1. The fourth-order valence-corrected chi connectivity index (χ4v) is 2.70. The molecule has 0 aromatic carbocycles. The van der Waals surface area contributed by atoms with E-state index >= 15 is 0 Å². The van der Waals surface area contributed by atoms with Crippen LogP contribution in [-0.2, 0) is 0 Å². The Bertz CT molecular complexity index is 155. The maximum atomic E-state index is 2.30. The Kier molecular flexibility index (Phi) is 81.9. The second-order valence-electron chi connectivity index (χ2n) is 7.49. The Morgan fingerprint density at radius 1 is 0.250 bits per heavy atom. The summed E-state index contributed by atoms with van der Waals surface area (Å²) in [5.41, 5.74) is 0. The lowest BCUT2D eigenvalue weighted by atomic mass is 10.0. The van der Waals surface area contributed by atoms with Gasteiger partial charge in [-0.15, -0.1) is 0 Å². The van der Waals surface area contributed by atoms with Crippen molar-refractivity contribution in [1.29, 1.82) is 0 Å². The number of hydrogen-bond acceptors (Lipinski definition) is 0. The van der Waals surface area contributed by atoms with Gasteiger partial charge in [0.25, 0.3) is 0 Å². The summed E-state index contributed by atoms with van der Waals surface area (Å²) in [5.74, 6) is 2.10. The molecule has 0 N–H and O–H groups in total. The zero-order valence-corrected chi connectivity index (χ0v) is 26.5. The Morgan fingerprint density at radius 3 is 0.344 bits per heavy atom. The monoisotopic (exact) mass is 461 g/mol. The Hall–Kier alpha value is 0. The minimum Gasteiger partial charge on any atom is -0.0683 e. The first-order chi connectivity index (χ1) is 15.8. The van der Waals surface area contributed by atoms with E-state index in [2.05, 4.69) is 13.8 Å². The predicted molar refractivity (Wildman–Crippen MR) is 160 cm³/mol. The zero-order chi connectivity index (χ0) is 26.5. The van der Waals surface area contributed by atoms with Gasteiger partial charge in [-0.3, -0.25) is 0 Å². The third-order valence-electron chi connectivity index (χ3n) is 5.26. The van der Waals surface area contributed by atoms with Crippen LogP contribution >= 0.6 is 0 Å². The van der Waals surface area contributed by atoms with Crippen LogP contribution in [0.15, 0.2) is 0 Å². The lowest BCUT2D eigenvalue weighted by Crippen LogP contribution is -1.85. The first-order valence-electron chi connectivity index (χ1n) is 15.8. The van der Waals surface area contributed by atoms with Gasteiger partial charge in [-0.2, -0.15) is 0 Å². The molecular formula is C32H76. The highest BCUT2D eigenvalue weighted by atomic mass is 14.3. The van der Waals surface area contributed by atoms with E-state index in [4.69, 9.17) is 0 Å². The summed E-state index contributed by atoms with van der Waals surface area (Å²) in [5, 5.41) is 0. The molecule has 4 fully saturated rings. The molecule has 0 saturated heterocycles. The average molecular weight is 461 g/mol. The van der Waals surface area contributed by atoms with Gasteiger partial charge in [0.1, 0.15) is 0 Å². The lowest BCUT2D eigenvalue weighted by Gasteiger charge is -2.05. The Balaban J connectivity index is -0.0000000614. The highest BCUT2D eigenvalue weighted by molar-refractivity contribution is 4.76. The maximum absolute atomic E-state index is 2.30. The first-order valence-corrected chi connectivity index (χ1v) is 15.8. The van der Waals surface area contributed by atoms with E-state index < -0.39 is 0 Å². The van der Waals surface area contributed by atoms with Gasteiger partial charge in [-0.05, 0) is 18.3 Å². The van der Waals surface area contributed by atoms with Crippen molar-refractivity contribution in [2.24, 2.45) is 11.8 Å². The van der Waals surface area contributed by atoms with Crippen LogP contribution in [0.3, 0.4) is 0 Å². The van der Waals surface area contributed by atoms with Gasteiger partial charge in [-0.25, -0.2) is 0 Å². The molecule has 0 radical (unpaired) electrons. The highest BCUT2D eigenvalue weighted by Crippen LogP contribution is 2.36. The molecule has 0 aliphatic heterocycles. The van der Waals surface area contributed by atoms with Gasteiger partial charge in [0, 0.05) is 0 Å². The van der Waals surface area contributed by atoms with Gasteiger partial charge in [-0.1, -0.05) is 193 Å². The van der Waals surface area contributed by atoms with E-state index in [9.17, 15) is 0 Å². The smallest absolute Gasteiger partial charge is 0.0414 e. The molecule has 0 aromatic heterocycles. The Labute approximate surface area is 211 Å². The molecule has 0 amide bonds. The topological polar surface area (TPSA) is 0 Å². The highest BCUT2D eigenvalue weighted by Gasteiger charge is 2.26. The van der Waals surface area contributed by atoms with Gasteiger partial charge in [0.15, 0.2) is 0 Å². The van der Waals surface area contributed by atoms with Crippen LogP contribution in [0.5, 0.6) is 0 Å². The van der Waals surface area contributed by atoms with Gasteiger partial charge < -0.3 is 0 Å². The van der Waals surface area contributed by atoms with E-state index in [0.29, 0.717) is 0 Å². The summed E-state index contributed by atoms with van der Waals surface area (Å²) in [6.07, 6.45) is 24.0. The zero-order valence-electron chi connectivity index (χ0n) is 26.5. The van der Waals surface area contributed by atoms with Crippen LogP contribution in [0, 0.1) is 11.8 Å². The molecular weight excluding hydrogens is 384 g/mol. The number of hydrogen-bond donors (Lipinski definition) is 0. The van der Waals surface area contributed by atoms with Crippen LogP contribution < -0.4 is 0 Å². The maximum Gasteiger partial charge on any atom is -0.0414 e. The third kappa shape index (κ3) is 57.2. The summed E-state index contributed by atoms with van der Waals surface area (Å²) < 4.78 is 0. The minimum atomic E-state index is 1.05. The predicted octanol–water partition coefficient (Wildman–Crippen LogP) is 13.7. The molecule has 0 spiro atoms. The standard InChI is InChI=1S/C6H12.2C5H10.C4H8.6C2H6/c1-2-4-6-5-3-1;1-4-3-5(4)2;1-2-4-5-3-1;1-2-4-3-1;6*1-2/h1-6H2;4-5H,3H2,1-2H3;1-5H2;1-4H2;6*1-2H3. The molecule has 204 valence electrons. The molecule has 2 unspecified atom stereocenters. The Morgan fingerprint density at radius 2 is 0.312 bits per heavy atom. The largest absolute Gasteiger partial charge is 0.0683 e. The third-order valence-corrected chi connectivity index (χ3v) is 5.26. The van der Waals surface area contributed by atoms with Crippen molar-refractivity contribution in [3.63, 3.8) is 0 Å². The molecule has 4 rings (SSSR count). The van der Waals surface area contributed by atoms with Gasteiger partial charge >= 0.3 is 0 Å². The SMILES string of the molecule is C1CCC1.C1CCCC1.C1CCCCC1.CC.CC.CC.CC.CC.CC.CC1CC1C. The van der Waals surface area contributed by atoms with Crippen LogP contribution in [0.2, 0.25) is 0 Å². The summed E-state index contributed by atoms with van der Waals surface area (Å²) in [4.78, 5) is 0. The van der Waals surface area contributed by atoms with E-state index in [0.717, 1.165) is 11.8 Å². The van der Waals surface area contributed by atoms with Crippen LogP contribution in [0.1, 0.15) is 200 Å². The van der Waals surface area contributed by atoms with E-state index in [1.165, 1.54) is 103 Å². The first kappa shape index (κ1) is 45.5. The summed E-state index contributed by atoms with van der Waals surface area (Å²) >= 11 is 0. The van der Waals surface area contributed by atoms with Crippen molar-refractivity contribution in [3.05, 3.63) is 0 Å². The number of rotatable bonds is 0. The second-order valence-corrected chi connectivity index (χ2v) is 7.49. The molecule has 0 aromatic rings. The summed E-state index contributed by atoms with van der Waals surface area (Å²) in [7, 11) is 0. The fraction of sp³-hybridized carbons (Fsp3) is 1.00. The van der Waals surface area contributed by atoms with E-state index in [1.54, 1.807) is 0 Å². The van der Waals surface area contributed by atoms with Gasteiger partial charge in [0.2, 0.25) is 0 Å². The van der Waals surface area contributed by atoms with Crippen molar-refractivity contribution in [2.75, 3.05) is 0 Å². The summed E-state index contributed by atoms with van der Waals surface area (Å²) in [6, 6.07) is 0. The molecule has 4 aliphatic carbocycles. The van der Waals surface area contributed by atoms with Crippen molar-refractivity contribution >= 4 is 0 Å². The molecule has 4 saturated carbocycles. The van der Waals surface area contributed by atoms with Crippen molar-refractivity contribution in [3.8, 4) is 0 Å². The van der Waals surface area contributed by atoms with Crippen LogP contribution in [-0.4, -0.2) is 0 Å². The van der Waals surface area contributed by atoms with Crippen LogP contribution in [0.4, 0.5) is 0 Å². The van der Waals surface area contributed by atoms with E-state index in [1.807, 2.05) is 83.1 Å². The second kappa shape index (κ2) is 57.6. The van der Waals surface area contributed by atoms with E-state index in [-0.39, 0.29) is 0 Å². The van der Waals surface area contributed by atoms with Crippen molar-refractivity contribution < 1.29 is 0 Å².